The van der Waals surface area contributed by atoms with Crippen LogP contribution < -0.4 is 15.8 Å². The van der Waals surface area contributed by atoms with Gasteiger partial charge in [-0.3, -0.25) is 14.6 Å². The van der Waals surface area contributed by atoms with Crippen molar-refractivity contribution in [1.29, 1.82) is 0 Å². The van der Waals surface area contributed by atoms with Crippen molar-refractivity contribution in [2.75, 3.05) is 5.32 Å². The van der Waals surface area contributed by atoms with Crippen LogP contribution in [-0.4, -0.2) is 40.8 Å². The van der Waals surface area contributed by atoms with Crippen LogP contribution in [0.3, 0.4) is 0 Å². The lowest BCUT2D eigenvalue weighted by atomic mass is 9.77. The highest BCUT2D eigenvalue weighted by Crippen LogP contribution is 2.55. The van der Waals surface area contributed by atoms with Crippen LogP contribution in [0.25, 0.3) is 0 Å². The molecule has 0 unspecified atom stereocenters. The monoisotopic (exact) mass is 501 g/mol. The zero-order valence-corrected chi connectivity index (χ0v) is 19.2. The van der Waals surface area contributed by atoms with E-state index in [1.807, 2.05) is 0 Å². The number of nitrogens with zero attached hydrogens (tertiary/aromatic N) is 1. The number of aromatic nitrogens is 1. The fourth-order valence-electron chi connectivity index (χ4n) is 4.04. The zero-order valence-electron chi connectivity index (χ0n) is 19.2. The van der Waals surface area contributed by atoms with E-state index in [1.165, 1.54) is 33.0 Å². The molecule has 0 radical (unpaired) electrons. The molecule has 1 aromatic heterocycles. The summed E-state index contributed by atoms with van der Waals surface area (Å²) >= 11 is 0. The highest BCUT2D eigenvalue weighted by Gasteiger charge is 2.66. The summed E-state index contributed by atoms with van der Waals surface area (Å²) in [5.74, 6) is -7.90. The molecular weight excluding hydrogens is 477 g/mol. The Morgan fingerprint density at radius 2 is 1.89 bits per heavy atom. The molecule has 12 heteroatoms. The number of ether oxygens (including phenoxy) is 2. The average molecular weight is 501 g/mol. The van der Waals surface area contributed by atoms with Gasteiger partial charge in [-0.2, -0.15) is 17.6 Å². The number of carbonyl (C=O) groups excluding carboxylic acids is 2. The Labute approximate surface area is 197 Å². The molecule has 0 aliphatic carbocycles. The minimum atomic E-state index is -4.90. The van der Waals surface area contributed by atoms with Gasteiger partial charge in [0.25, 0.3) is 11.8 Å². The minimum Gasteiger partial charge on any atom is -0.488 e. The molecule has 0 bridgehead atoms. The van der Waals surface area contributed by atoms with Crippen LogP contribution in [0.4, 0.5) is 27.6 Å². The lowest BCUT2D eigenvalue weighted by Crippen LogP contribution is -2.47. The smallest absolute Gasteiger partial charge is 0.417 e. The van der Waals surface area contributed by atoms with Crippen molar-refractivity contribution in [2.24, 2.45) is 11.7 Å². The Kier molecular flexibility index (Phi) is 7.07. The van der Waals surface area contributed by atoms with Crippen molar-refractivity contribution in [2.45, 2.75) is 57.6 Å². The molecule has 1 aliphatic heterocycles. The molecule has 1 fully saturated rings. The van der Waals surface area contributed by atoms with Crippen LogP contribution >= 0.6 is 0 Å². The first-order chi connectivity index (χ1) is 16.2. The predicted molar refractivity (Wildman–Crippen MR) is 115 cm³/mol. The molecule has 0 spiro atoms. The van der Waals surface area contributed by atoms with Crippen molar-refractivity contribution >= 4 is 17.5 Å². The molecule has 1 aliphatic rings. The van der Waals surface area contributed by atoms with E-state index in [2.05, 4.69) is 10.3 Å². The number of primary amides is 1. The van der Waals surface area contributed by atoms with Gasteiger partial charge in [-0.1, -0.05) is 13.0 Å². The molecular formula is C23H24F5N3O4. The third kappa shape index (κ3) is 4.93. The normalized spacial score (nSPS) is 24.5. The lowest BCUT2D eigenvalue weighted by Gasteiger charge is -2.32. The molecule has 2 aromatic rings. The van der Waals surface area contributed by atoms with Gasteiger partial charge in [-0.25, -0.2) is 4.39 Å². The standard InChI is InChI=1S/C23H24F5N3O4/c1-10(2)34-18-13(5-6-14(24)17(18)25)16-11(3)22(4,23(26,27)28)35-19(16)21(33)31-12-7-8-30-15(9-12)20(29)32/h5-11,16,19H,1-4H3,(H2,29,32)(H,30,31,33)/t11-,16+,19+,22-/m1/s1. The van der Waals surface area contributed by atoms with Crippen molar-refractivity contribution < 1.29 is 41.0 Å². The van der Waals surface area contributed by atoms with Gasteiger partial charge in [0.05, 0.1) is 6.10 Å². The van der Waals surface area contributed by atoms with Gasteiger partial charge in [-0.05, 0) is 39.0 Å². The molecule has 2 amide bonds. The zero-order chi connectivity index (χ0) is 26.3. The number of hydrogen-bond acceptors (Lipinski definition) is 5. The number of halogens is 5. The van der Waals surface area contributed by atoms with Crippen molar-refractivity contribution in [1.82, 2.24) is 4.98 Å². The number of pyridine rings is 1. The summed E-state index contributed by atoms with van der Waals surface area (Å²) in [5, 5.41) is 2.39. The summed E-state index contributed by atoms with van der Waals surface area (Å²) in [6.45, 7) is 5.07. The van der Waals surface area contributed by atoms with Gasteiger partial charge in [0.2, 0.25) is 5.82 Å². The van der Waals surface area contributed by atoms with E-state index in [4.69, 9.17) is 15.2 Å². The van der Waals surface area contributed by atoms with Gasteiger partial charge in [0.1, 0.15) is 11.8 Å². The highest BCUT2D eigenvalue weighted by atomic mass is 19.4. The molecule has 0 saturated carbocycles. The maximum atomic E-state index is 14.7. The second kappa shape index (κ2) is 9.40. The van der Waals surface area contributed by atoms with Gasteiger partial charge in [-0.15, -0.1) is 0 Å². The quantitative estimate of drug-likeness (QED) is 0.574. The summed E-state index contributed by atoms with van der Waals surface area (Å²) < 4.78 is 81.6. The number of rotatable bonds is 6. The van der Waals surface area contributed by atoms with E-state index in [-0.39, 0.29) is 16.9 Å². The Morgan fingerprint density at radius 1 is 1.23 bits per heavy atom. The third-order valence-electron chi connectivity index (χ3n) is 6.00. The number of nitrogens with one attached hydrogen (secondary N) is 1. The number of alkyl halides is 3. The predicted octanol–water partition coefficient (Wildman–Crippen LogP) is 4.32. The van der Waals surface area contributed by atoms with Gasteiger partial charge in [0.15, 0.2) is 17.2 Å². The largest absolute Gasteiger partial charge is 0.488 e. The first kappa shape index (κ1) is 26.3. The Hall–Kier alpha value is -3.28. The topological polar surface area (TPSA) is 104 Å². The summed E-state index contributed by atoms with van der Waals surface area (Å²) in [6, 6.07) is 4.28. The van der Waals surface area contributed by atoms with Gasteiger partial charge >= 0.3 is 6.18 Å². The maximum Gasteiger partial charge on any atom is 0.417 e. The molecule has 3 N–H and O–H groups in total. The number of anilines is 1. The number of benzene rings is 1. The fourth-order valence-corrected chi connectivity index (χ4v) is 4.04. The first-order valence-corrected chi connectivity index (χ1v) is 10.6. The second-order valence-electron chi connectivity index (χ2n) is 8.69. The van der Waals surface area contributed by atoms with Gasteiger partial charge in [0, 0.05) is 29.3 Å². The molecule has 190 valence electrons. The summed E-state index contributed by atoms with van der Waals surface area (Å²) in [7, 11) is 0. The summed E-state index contributed by atoms with van der Waals surface area (Å²) in [6.07, 6.45) is -6.14. The Morgan fingerprint density at radius 3 is 2.46 bits per heavy atom. The van der Waals surface area contributed by atoms with Crippen LogP contribution in [0.5, 0.6) is 5.75 Å². The average Bonchev–Trinajstić information content (AvgIpc) is 3.04. The van der Waals surface area contributed by atoms with Crippen LogP contribution in [0.15, 0.2) is 30.5 Å². The van der Waals surface area contributed by atoms with E-state index in [0.717, 1.165) is 25.1 Å². The Balaban J connectivity index is 2.10. The second-order valence-corrected chi connectivity index (χ2v) is 8.69. The number of amides is 2. The van der Waals surface area contributed by atoms with Crippen LogP contribution in [0.1, 0.15) is 49.7 Å². The van der Waals surface area contributed by atoms with Crippen molar-refractivity contribution in [3.05, 3.63) is 53.4 Å². The van der Waals surface area contributed by atoms with E-state index >= 15 is 0 Å². The summed E-state index contributed by atoms with van der Waals surface area (Å²) in [5.41, 5.74) is 2.07. The number of hydrogen-bond donors (Lipinski definition) is 2. The molecule has 1 aromatic carbocycles. The number of nitrogens with two attached hydrogens (primary N) is 1. The van der Waals surface area contributed by atoms with Crippen molar-refractivity contribution in [3.8, 4) is 5.75 Å². The molecule has 3 rings (SSSR count). The van der Waals surface area contributed by atoms with E-state index in [0.29, 0.717) is 0 Å². The van der Waals surface area contributed by atoms with E-state index in [9.17, 15) is 31.5 Å². The first-order valence-electron chi connectivity index (χ1n) is 10.6. The fraction of sp³-hybridized carbons (Fsp3) is 0.435. The SMILES string of the molecule is CC(C)Oc1c([C@H]2[C@@H](C(=O)Nc3ccnc(C(N)=O)c3)O[C@@](C)(C(F)(F)F)[C@@H]2C)ccc(F)c1F. The molecule has 1 saturated heterocycles. The lowest BCUT2D eigenvalue weighted by molar-refractivity contribution is -0.272. The third-order valence-corrected chi connectivity index (χ3v) is 6.00. The van der Waals surface area contributed by atoms with E-state index in [1.54, 1.807) is 0 Å². The highest BCUT2D eigenvalue weighted by molar-refractivity contribution is 5.97. The molecule has 2 heterocycles. The van der Waals surface area contributed by atoms with E-state index < -0.39 is 65.0 Å². The number of carbonyl (C=O) groups is 2. The van der Waals surface area contributed by atoms with Gasteiger partial charge < -0.3 is 20.5 Å². The van der Waals surface area contributed by atoms with Crippen LogP contribution in [0.2, 0.25) is 0 Å². The van der Waals surface area contributed by atoms with Crippen LogP contribution in [-0.2, 0) is 9.53 Å². The Bertz CT molecular complexity index is 1140. The molecule has 35 heavy (non-hydrogen) atoms. The minimum absolute atomic E-state index is 0.0263. The maximum absolute atomic E-state index is 14.7. The summed E-state index contributed by atoms with van der Waals surface area (Å²) in [4.78, 5) is 28.3. The molecule has 7 nitrogen and oxygen atoms in total. The molecule has 4 atom stereocenters. The van der Waals surface area contributed by atoms with Crippen LogP contribution in [0, 0.1) is 17.6 Å². The van der Waals surface area contributed by atoms with Crippen molar-refractivity contribution in [3.63, 3.8) is 0 Å².